The van der Waals surface area contributed by atoms with Gasteiger partial charge in [0.1, 0.15) is 0 Å². The number of halogens is 3. The molecule has 2 N–H and O–H groups in total. The van der Waals surface area contributed by atoms with E-state index in [1.165, 1.54) is 0 Å². The van der Waals surface area contributed by atoms with E-state index in [0.29, 0.717) is 35.3 Å². The van der Waals surface area contributed by atoms with Crippen molar-refractivity contribution in [1.82, 2.24) is 10.6 Å². The fourth-order valence-electron chi connectivity index (χ4n) is 1.37. The third-order valence-electron chi connectivity index (χ3n) is 2.26. The van der Waals surface area contributed by atoms with Crippen LogP contribution in [0.1, 0.15) is 10.4 Å². The number of methoxy groups -OCH3 is 1. The van der Waals surface area contributed by atoms with Crippen LogP contribution in [-0.4, -0.2) is 39.3 Å². The van der Waals surface area contributed by atoms with Crippen molar-refractivity contribution in [3.63, 3.8) is 0 Å². The molecule has 0 aliphatic heterocycles. The lowest BCUT2D eigenvalue weighted by Crippen LogP contribution is -2.33. The molecule has 7 heteroatoms. The fraction of sp³-hybridized carbons (Fsp3) is 0.417. The Morgan fingerprint density at radius 1 is 1.21 bits per heavy atom. The Bertz CT molecular complexity index is 382. The van der Waals surface area contributed by atoms with Gasteiger partial charge >= 0.3 is 0 Å². The number of carbonyl (C=O) groups is 1. The van der Waals surface area contributed by atoms with Crippen molar-refractivity contribution in [2.45, 2.75) is 0 Å². The van der Waals surface area contributed by atoms with Gasteiger partial charge in [0.15, 0.2) is 0 Å². The number of nitrogens with one attached hydrogen (secondary N) is 2. The van der Waals surface area contributed by atoms with Crippen molar-refractivity contribution in [2.24, 2.45) is 0 Å². The van der Waals surface area contributed by atoms with Gasteiger partial charge < -0.3 is 15.4 Å². The van der Waals surface area contributed by atoms with Crippen molar-refractivity contribution < 1.29 is 9.53 Å². The molecule has 0 aliphatic rings. The maximum Gasteiger partial charge on any atom is 0.254 e. The molecule has 0 saturated heterocycles. The first kappa shape index (κ1) is 18.5. The number of benzene rings is 1. The van der Waals surface area contributed by atoms with Crippen LogP contribution in [0.2, 0.25) is 10.0 Å². The van der Waals surface area contributed by atoms with Crippen LogP contribution in [-0.2, 0) is 4.74 Å². The van der Waals surface area contributed by atoms with Crippen molar-refractivity contribution >= 4 is 41.5 Å². The summed E-state index contributed by atoms with van der Waals surface area (Å²) in [6.07, 6.45) is 0. The second-order valence-electron chi connectivity index (χ2n) is 3.60. The van der Waals surface area contributed by atoms with Gasteiger partial charge in [-0.05, 0) is 12.1 Å². The highest BCUT2D eigenvalue weighted by molar-refractivity contribution is 6.39. The zero-order valence-electron chi connectivity index (χ0n) is 10.5. The second kappa shape index (κ2) is 10.3. The van der Waals surface area contributed by atoms with Gasteiger partial charge in [-0.2, -0.15) is 0 Å². The minimum absolute atomic E-state index is 0. The van der Waals surface area contributed by atoms with Crippen LogP contribution < -0.4 is 10.6 Å². The lowest BCUT2D eigenvalue weighted by Gasteiger charge is -2.09. The summed E-state index contributed by atoms with van der Waals surface area (Å²) >= 11 is 11.9. The summed E-state index contributed by atoms with van der Waals surface area (Å²) in [6, 6.07) is 4.98. The minimum atomic E-state index is -0.265. The highest BCUT2D eigenvalue weighted by Crippen LogP contribution is 2.23. The van der Waals surface area contributed by atoms with Crippen molar-refractivity contribution in [3.05, 3.63) is 33.8 Å². The van der Waals surface area contributed by atoms with Crippen LogP contribution in [0.5, 0.6) is 0 Å². The van der Waals surface area contributed by atoms with Crippen LogP contribution in [0.4, 0.5) is 0 Å². The zero-order valence-corrected chi connectivity index (χ0v) is 12.9. The third-order valence-corrected chi connectivity index (χ3v) is 2.89. The van der Waals surface area contributed by atoms with E-state index in [4.69, 9.17) is 27.9 Å². The fourth-order valence-corrected chi connectivity index (χ4v) is 1.94. The van der Waals surface area contributed by atoms with Crippen molar-refractivity contribution in [3.8, 4) is 0 Å². The van der Waals surface area contributed by atoms with Gasteiger partial charge in [-0.3, -0.25) is 4.79 Å². The number of hydrogen-bond acceptors (Lipinski definition) is 3. The van der Waals surface area contributed by atoms with Crippen molar-refractivity contribution in [2.75, 3.05) is 33.4 Å². The molecule has 19 heavy (non-hydrogen) atoms. The Kier molecular flexibility index (Phi) is 10.0. The van der Waals surface area contributed by atoms with E-state index in [1.807, 2.05) is 0 Å². The molecule has 0 atom stereocenters. The monoisotopic (exact) mass is 326 g/mol. The predicted octanol–water partition coefficient (Wildman–Crippen LogP) is 2.38. The van der Waals surface area contributed by atoms with Crippen LogP contribution in [0.3, 0.4) is 0 Å². The average molecular weight is 328 g/mol. The number of carbonyl (C=O) groups excluding carboxylic acids is 1. The van der Waals surface area contributed by atoms with Gasteiger partial charge in [-0.25, -0.2) is 0 Å². The molecule has 0 saturated carbocycles. The molecule has 1 aromatic carbocycles. The normalized spacial score (nSPS) is 9.84. The van der Waals surface area contributed by atoms with Gasteiger partial charge in [0.2, 0.25) is 0 Å². The third kappa shape index (κ3) is 6.45. The smallest absolute Gasteiger partial charge is 0.254 e. The molecule has 4 nitrogen and oxygen atoms in total. The Morgan fingerprint density at radius 2 is 1.84 bits per heavy atom. The van der Waals surface area contributed by atoms with Gasteiger partial charge in [0.25, 0.3) is 5.91 Å². The quantitative estimate of drug-likeness (QED) is 0.756. The van der Waals surface area contributed by atoms with Crippen LogP contribution in [0.15, 0.2) is 18.2 Å². The van der Waals surface area contributed by atoms with E-state index < -0.39 is 0 Å². The summed E-state index contributed by atoms with van der Waals surface area (Å²) in [7, 11) is 1.64. The summed E-state index contributed by atoms with van der Waals surface area (Å²) in [6.45, 7) is 2.56. The molecular weight excluding hydrogens is 311 g/mol. The average Bonchev–Trinajstić information content (AvgIpc) is 2.33. The molecule has 0 bridgehead atoms. The largest absolute Gasteiger partial charge is 0.383 e. The molecule has 0 unspecified atom stereocenters. The molecule has 0 fully saturated rings. The molecule has 0 aliphatic carbocycles. The molecule has 1 rings (SSSR count). The zero-order chi connectivity index (χ0) is 13.4. The predicted molar refractivity (Wildman–Crippen MR) is 80.8 cm³/mol. The topological polar surface area (TPSA) is 50.4 Å². The van der Waals surface area contributed by atoms with Gasteiger partial charge in [-0.15, -0.1) is 12.4 Å². The maximum atomic E-state index is 11.8. The summed E-state index contributed by atoms with van der Waals surface area (Å²) in [4.78, 5) is 11.8. The maximum absolute atomic E-state index is 11.8. The molecule has 108 valence electrons. The Hall–Kier alpha value is -0.520. The van der Waals surface area contributed by atoms with Crippen LogP contribution >= 0.6 is 35.6 Å². The lowest BCUT2D eigenvalue weighted by molar-refractivity contribution is 0.0954. The van der Waals surface area contributed by atoms with Gasteiger partial charge in [0.05, 0.1) is 22.2 Å². The minimum Gasteiger partial charge on any atom is -0.383 e. The number of hydrogen-bond donors (Lipinski definition) is 2. The van der Waals surface area contributed by atoms with E-state index in [2.05, 4.69) is 10.6 Å². The molecule has 0 heterocycles. The lowest BCUT2D eigenvalue weighted by atomic mass is 10.2. The summed E-state index contributed by atoms with van der Waals surface area (Å²) in [5, 5.41) is 6.57. The highest BCUT2D eigenvalue weighted by atomic mass is 35.5. The van der Waals surface area contributed by atoms with E-state index in [9.17, 15) is 4.79 Å². The van der Waals surface area contributed by atoms with Crippen molar-refractivity contribution in [1.29, 1.82) is 0 Å². The molecule has 1 amide bonds. The number of amides is 1. The van der Waals surface area contributed by atoms with Crippen LogP contribution in [0, 0.1) is 0 Å². The van der Waals surface area contributed by atoms with E-state index in [1.54, 1.807) is 25.3 Å². The summed E-state index contributed by atoms with van der Waals surface area (Å²) in [5.41, 5.74) is 0.317. The standard InChI is InChI=1S/C12H16Cl2N2O2.ClH/c1-18-8-7-15-5-6-16-12(17)11-9(13)3-2-4-10(11)14;/h2-4,15H,5-8H2,1H3,(H,16,17);1H. The van der Waals surface area contributed by atoms with E-state index >= 15 is 0 Å². The SMILES string of the molecule is COCCNCCNC(=O)c1c(Cl)cccc1Cl.Cl. The molecule has 0 spiro atoms. The second-order valence-corrected chi connectivity index (χ2v) is 4.41. The van der Waals surface area contributed by atoms with E-state index in [-0.39, 0.29) is 18.3 Å². The summed E-state index contributed by atoms with van der Waals surface area (Å²) < 4.78 is 4.89. The highest BCUT2D eigenvalue weighted by Gasteiger charge is 2.13. The first-order valence-corrected chi connectivity index (χ1v) is 6.34. The molecule has 0 radical (unpaired) electrons. The Balaban J connectivity index is 0.00000324. The van der Waals surface area contributed by atoms with Gasteiger partial charge in [0, 0.05) is 26.7 Å². The Labute approximate surface area is 129 Å². The number of rotatable bonds is 7. The summed E-state index contributed by atoms with van der Waals surface area (Å²) in [5.74, 6) is -0.265. The Morgan fingerprint density at radius 3 is 2.42 bits per heavy atom. The van der Waals surface area contributed by atoms with Gasteiger partial charge in [-0.1, -0.05) is 29.3 Å². The molecule has 1 aromatic rings. The van der Waals surface area contributed by atoms with Crippen LogP contribution in [0.25, 0.3) is 0 Å². The first-order valence-electron chi connectivity index (χ1n) is 5.58. The van der Waals surface area contributed by atoms with E-state index in [0.717, 1.165) is 6.54 Å². The first-order chi connectivity index (χ1) is 8.66. The number of ether oxygens (including phenoxy) is 1. The molecule has 0 aromatic heterocycles. The molecular formula is C12H17Cl3N2O2.